The van der Waals surface area contributed by atoms with E-state index in [-0.39, 0.29) is 23.6 Å². The van der Waals surface area contributed by atoms with E-state index in [0.717, 1.165) is 5.69 Å². The summed E-state index contributed by atoms with van der Waals surface area (Å²) >= 11 is 5.89. The molecule has 0 radical (unpaired) electrons. The van der Waals surface area contributed by atoms with Gasteiger partial charge in [0.15, 0.2) is 11.5 Å². The van der Waals surface area contributed by atoms with Gasteiger partial charge in [0.25, 0.3) is 5.91 Å². The van der Waals surface area contributed by atoms with Crippen molar-refractivity contribution in [2.75, 3.05) is 6.61 Å². The molecule has 2 heterocycles. The standard InChI is InChI=1S/C17H23ClN4O2/c1-16(2,3)13-8-12(15(24)20-17(4,5)10-23)21-22(13)14-7-6-11(18)9-19-14/h6-9,23H,10H2,1-5H3,(H,20,24). The Balaban J connectivity index is 2.46. The number of halogens is 1. The zero-order valence-corrected chi connectivity index (χ0v) is 15.3. The van der Waals surface area contributed by atoms with Crippen molar-refractivity contribution >= 4 is 17.5 Å². The molecule has 2 rings (SSSR count). The molecule has 0 atom stereocenters. The number of hydrogen-bond donors (Lipinski definition) is 2. The Bertz CT molecular complexity index is 730. The molecule has 0 fully saturated rings. The van der Waals surface area contributed by atoms with Gasteiger partial charge in [-0.05, 0) is 32.0 Å². The second-order valence-electron chi connectivity index (χ2n) is 7.41. The van der Waals surface area contributed by atoms with Crippen molar-refractivity contribution in [1.82, 2.24) is 20.1 Å². The average Bonchev–Trinajstić information content (AvgIpc) is 2.93. The molecule has 0 aromatic carbocycles. The molecule has 0 spiro atoms. The molecular formula is C17H23ClN4O2. The van der Waals surface area contributed by atoms with Crippen molar-refractivity contribution in [1.29, 1.82) is 0 Å². The highest BCUT2D eigenvalue weighted by atomic mass is 35.5. The van der Waals surface area contributed by atoms with Gasteiger partial charge in [-0.15, -0.1) is 0 Å². The van der Waals surface area contributed by atoms with Gasteiger partial charge in [-0.25, -0.2) is 9.67 Å². The lowest BCUT2D eigenvalue weighted by Gasteiger charge is -2.22. The van der Waals surface area contributed by atoms with Crippen LogP contribution in [-0.2, 0) is 5.41 Å². The number of amides is 1. The number of pyridine rings is 1. The minimum Gasteiger partial charge on any atom is -0.394 e. The van der Waals surface area contributed by atoms with Gasteiger partial charge in [0.1, 0.15) is 0 Å². The number of nitrogens with one attached hydrogen (secondary N) is 1. The number of carbonyl (C=O) groups excluding carboxylic acids is 1. The number of carbonyl (C=O) groups is 1. The topological polar surface area (TPSA) is 80.0 Å². The SMILES string of the molecule is CC(C)(CO)NC(=O)c1cc(C(C)(C)C)n(-c2ccc(Cl)cn2)n1. The largest absolute Gasteiger partial charge is 0.394 e. The van der Waals surface area contributed by atoms with Crippen molar-refractivity contribution in [3.05, 3.63) is 40.8 Å². The highest BCUT2D eigenvalue weighted by Gasteiger charge is 2.27. The molecule has 0 aliphatic carbocycles. The van der Waals surface area contributed by atoms with Crippen LogP contribution in [0.3, 0.4) is 0 Å². The van der Waals surface area contributed by atoms with Crippen molar-refractivity contribution in [2.45, 2.75) is 45.6 Å². The fraction of sp³-hybridized carbons (Fsp3) is 0.471. The normalized spacial score (nSPS) is 12.3. The first-order chi connectivity index (χ1) is 11.0. The third-order valence-electron chi connectivity index (χ3n) is 3.49. The zero-order chi connectivity index (χ0) is 18.1. The van der Waals surface area contributed by atoms with Crippen molar-refractivity contribution in [2.24, 2.45) is 0 Å². The van der Waals surface area contributed by atoms with Crippen LogP contribution in [-0.4, -0.2) is 37.9 Å². The summed E-state index contributed by atoms with van der Waals surface area (Å²) < 4.78 is 1.65. The number of rotatable bonds is 4. The van der Waals surface area contributed by atoms with E-state index in [1.54, 1.807) is 42.9 Å². The van der Waals surface area contributed by atoms with Crippen LogP contribution >= 0.6 is 11.6 Å². The Morgan fingerprint density at radius 3 is 2.46 bits per heavy atom. The number of aliphatic hydroxyl groups excluding tert-OH is 1. The van der Waals surface area contributed by atoms with Crippen LogP contribution in [0.4, 0.5) is 0 Å². The third-order valence-corrected chi connectivity index (χ3v) is 3.71. The maximum absolute atomic E-state index is 12.5. The molecule has 24 heavy (non-hydrogen) atoms. The van der Waals surface area contributed by atoms with Gasteiger partial charge >= 0.3 is 0 Å². The fourth-order valence-corrected chi connectivity index (χ4v) is 2.22. The lowest BCUT2D eigenvalue weighted by Crippen LogP contribution is -2.46. The van der Waals surface area contributed by atoms with Crippen molar-refractivity contribution < 1.29 is 9.90 Å². The second-order valence-corrected chi connectivity index (χ2v) is 7.84. The van der Waals surface area contributed by atoms with Crippen LogP contribution < -0.4 is 5.32 Å². The summed E-state index contributed by atoms with van der Waals surface area (Å²) in [5.41, 5.74) is 0.170. The van der Waals surface area contributed by atoms with Crippen LogP contribution in [0, 0.1) is 0 Å². The Morgan fingerprint density at radius 1 is 1.29 bits per heavy atom. The van der Waals surface area contributed by atoms with Gasteiger partial charge in [0.05, 0.1) is 22.9 Å². The summed E-state index contributed by atoms with van der Waals surface area (Å²) in [5.74, 6) is 0.247. The summed E-state index contributed by atoms with van der Waals surface area (Å²) in [5, 5.41) is 17.0. The summed E-state index contributed by atoms with van der Waals surface area (Å²) in [7, 11) is 0. The molecule has 2 aromatic rings. The molecule has 7 heteroatoms. The molecule has 0 unspecified atom stereocenters. The molecule has 0 saturated carbocycles. The predicted molar refractivity (Wildman–Crippen MR) is 93.7 cm³/mol. The Morgan fingerprint density at radius 2 is 1.96 bits per heavy atom. The highest BCUT2D eigenvalue weighted by Crippen LogP contribution is 2.26. The molecule has 2 N–H and O–H groups in total. The molecule has 0 aliphatic heterocycles. The van der Waals surface area contributed by atoms with E-state index in [2.05, 4.69) is 15.4 Å². The Labute approximate surface area is 146 Å². The van der Waals surface area contributed by atoms with E-state index in [1.807, 2.05) is 20.8 Å². The van der Waals surface area contributed by atoms with Crippen LogP contribution in [0.2, 0.25) is 5.02 Å². The number of aliphatic hydroxyl groups is 1. The molecule has 1 amide bonds. The molecule has 130 valence electrons. The summed E-state index contributed by atoms with van der Waals surface area (Å²) in [6.07, 6.45) is 1.54. The van der Waals surface area contributed by atoms with Gasteiger partial charge in [0, 0.05) is 11.6 Å². The molecular weight excluding hydrogens is 328 g/mol. The first kappa shape index (κ1) is 18.4. The van der Waals surface area contributed by atoms with Crippen LogP contribution in [0.1, 0.15) is 50.8 Å². The van der Waals surface area contributed by atoms with E-state index in [1.165, 1.54) is 0 Å². The number of hydrogen-bond acceptors (Lipinski definition) is 4. The molecule has 6 nitrogen and oxygen atoms in total. The van der Waals surface area contributed by atoms with E-state index in [9.17, 15) is 9.90 Å². The van der Waals surface area contributed by atoms with E-state index in [0.29, 0.717) is 10.8 Å². The van der Waals surface area contributed by atoms with Crippen LogP contribution in [0.15, 0.2) is 24.4 Å². The minimum absolute atomic E-state index is 0.162. The maximum atomic E-state index is 12.5. The zero-order valence-electron chi connectivity index (χ0n) is 14.6. The highest BCUT2D eigenvalue weighted by molar-refractivity contribution is 6.30. The van der Waals surface area contributed by atoms with Gasteiger partial charge in [0.2, 0.25) is 0 Å². The maximum Gasteiger partial charge on any atom is 0.272 e. The van der Waals surface area contributed by atoms with Crippen molar-refractivity contribution in [3.8, 4) is 5.82 Å². The first-order valence-electron chi connectivity index (χ1n) is 7.69. The summed E-state index contributed by atoms with van der Waals surface area (Å²) in [4.78, 5) is 16.7. The molecule has 0 saturated heterocycles. The number of nitrogens with zero attached hydrogens (tertiary/aromatic N) is 3. The number of aromatic nitrogens is 3. The average molecular weight is 351 g/mol. The summed E-state index contributed by atoms with van der Waals surface area (Å²) in [6.45, 7) is 9.44. The summed E-state index contributed by atoms with van der Waals surface area (Å²) in [6, 6.07) is 5.23. The molecule has 0 bridgehead atoms. The van der Waals surface area contributed by atoms with E-state index >= 15 is 0 Å². The van der Waals surface area contributed by atoms with E-state index in [4.69, 9.17) is 11.6 Å². The quantitative estimate of drug-likeness (QED) is 0.888. The van der Waals surface area contributed by atoms with Gasteiger partial charge in [-0.3, -0.25) is 4.79 Å². The van der Waals surface area contributed by atoms with Crippen molar-refractivity contribution in [3.63, 3.8) is 0 Å². The van der Waals surface area contributed by atoms with Gasteiger partial charge in [-0.2, -0.15) is 5.10 Å². The Hall–Kier alpha value is -1.92. The van der Waals surface area contributed by atoms with Crippen LogP contribution in [0.25, 0.3) is 5.82 Å². The Kier molecular flexibility index (Phi) is 5.01. The lowest BCUT2D eigenvalue weighted by atomic mass is 9.91. The van der Waals surface area contributed by atoms with Gasteiger partial charge < -0.3 is 10.4 Å². The third kappa shape index (κ3) is 4.13. The van der Waals surface area contributed by atoms with Crippen LogP contribution in [0.5, 0.6) is 0 Å². The lowest BCUT2D eigenvalue weighted by molar-refractivity contribution is 0.0864. The molecule has 0 aliphatic rings. The monoisotopic (exact) mass is 350 g/mol. The minimum atomic E-state index is -0.721. The van der Waals surface area contributed by atoms with Gasteiger partial charge in [-0.1, -0.05) is 32.4 Å². The van der Waals surface area contributed by atoms with E-state index < -0.39 is 5.54 Å². The predicted octanol–water partition coefficient (Wildman–Crippen LogP) is 2.72. The fourth-order valence-electron chi connectivity index (χ4n) is 2.11. The molecule has 2 aromatic heterocycles. The first-order valence-corrected chi connectivity index (χ1v) is 8.07. The second kappa shape index (κ2) is 6.53. The smallest absolute Gasteiger partial charge is 0.272 e.